The Morgan fingerprint density at radius 3 is 2.50 bits per heavy atom. The third-order valence-corrected chi connectivity index (χ3v) is 7.56. The first-order valence-electron chi connectivity index (χ1n) is 13.0. The minimum Gasteiger partial charge on any atom is -0.490 e. The van der Waals surface area contributed by atoms with Gasteiger partial charge in [-0.05, 0) is 62.2 Å². The van der Waals surface area contributed by atoms with Crippen LogP contribution in [0.2, 0.25) is 5.02 Å². The van der Waals surface area contributed by atoms with Crippen molar-refractivity contribution in [3.63, 3.8) is 0 Å². The Morgan fingerprint density at radius 1 is 1.02 bits per heavy atom. The van der Waals surface area contributed by atoms with Gasteiger partial charge in [-0.25, -0.2) is 4.68 Å². The van der Waals surface area contributed by atoms with Crippen LogP contribution in [0.4, 0.5) is 11.6 Å². The molecular weight excluding hydrogens is 546 g/mol. The number of benzene rings is 3. The lowest BCUT2D eigenvalue weighted by atomic mass is 9.94. The molecule has 0 saturated carbocycles. The van der Waals surface area contributed by atoms with Gasteiger partial charge in [0.25, 0.3) is 5.91 Å². The molecule has 40 heavy (non-hydrogen) atoms. The number of hydrogen-bond donors (Lipinski definition) is 2. The van der Waals surface area contributed by atoms with Crippen LogP contribution in [-0.2, 0) is 10.5 Å². The number of hydrogen-bond acceptors (Lipinski definition) is 7. The Balaban J connectivity index is 1.54. The van der Waals surface area contributed by atoms with Gasteiger partial charge >= 0.3 is 0 Å². The van der Waals surface area contributed by atoms with Crippen LogP contribution in [0.5, 0.6) is 11.5 Å². The van der Waals surface area contributed by atoms with Crippen LogP contribution >= 0.6 is 23.4 Å². The van der Waals surface area contributed by atoms with E-state index < -0.39 is 6.04 Å². The highest BCUT2D eigenvalue weighted by Gasteiger charge is 2.35. The number of nitrogens with one attached hydrogen (secondary N) is 2. The summed E-state index contributed by atoms with van der Waals surface area (Å²) in [5.41, 5.74) is 3.73. The lowest BCUT2D eigenvalue weighted by Crippen LogP contribution is -2.31. The fourth-order valence-electron chi connectivity index (χ4n) is 4.51. The third kappa shape index (κ3) is 5.95. The average molecular weight is 576 g/mol. The van der Waals surface area contributed by atoms with Crippen molar-refractivity contribution >= 4 is 40.9 Å². The van der Waals surface area contributed by atoms with Crippen LogP contribution in [0.25, 0.3) is 0 Å². The second kappa shape index (κ2) is 12.5. The molecule has 5 rings (SSSR count). The number of carbonyl (C=O) groups is 1. The van der Waals surface area contributed by atoms with Crippen molar-refractivity contribution in [2.24, 2.45) is 0 Å². The predicted octanol–water partition coefficient (Wildman–Crippen LogP) is 6.95. The molecule has 1 aliphatic rings. The number of amides is 1. The third-order valence-electron chi connectivity index (χ3n) is 6.31. The van der Waals surface area contributed by atoms with Crippen LogP contribution in [0.3, 0.4) is 0 Å². The Morgan fingerprint density at radius 2 is 1.75 bits per heavy atom. The molecule has 2 heterocycles. The summed E-state index contributed by atoms with van der Waals surface area (Å²) in [4.78, 5) is 18.5. The van der Waals surface area contributed by atoms with Gasteiger partial charge in [0.1, 0.15) is 6.04 Å². The molecule has 2 N–H and O–H groups in total. The fraction of sp³-hybridized carbons (Fsp3) is 0.233. The van der Waals surface area contributed by atoms with Gasteiger partial charge in [-0.3, -0.25) is 4.79 Å². The summed E-state index contributed by atoms with van der Waals surface area (Å²) in [7, 11) is 0. The van der Waals surface area contributed by atoms with E-state index in [0.29, 0.717) is 63.6 Å². The number of aromatic nitrogens is 3. The fourth-order valence-corrected chi connectivity index (χ4v) is 5.63. The molecule has 10 heteroatoms. The number of rotatable bonds is 10. The quantitative estimate of drug-likeness (QED) is 0.198. The molecule has 1 unspecified atom stereocenters. The zero-order valence-corrected chi connectivity index (χ0v) is 24.1. The van der Waals surface area contributed by atoms with Crippen LogP contribution < -0.4 is 20.1 Å². The Bertz CT molecular complexity index is 1540. The maximum absolute atomic E-state index is 13.8. The molecule has 0 radical (unpaired) electrons. The van der Waals surface area contributed by atoms with Gasteiger partial charge in [0.15, 0.2) is 11.5 Å². The predicted molar refractivity (Wildman–Crippen MR) is 159 cm³/mol. The van der Waals surface area contributed by atoms with Crippen molar-refractivity contribution in [1.82, 2.24) is 14.8 Å². The van der Waals surface area contributed by atoms with Crippen LogP contribution in [-0.4, -0.2) is 33.9 Å². The summed E-state index contributed by atoms with van der Waals surface area (Å²) >= 11 is 7.85. The molecule has 1 atom stereocenters. The van der Waals surface area contributed by atoms with E-state index >= 15 is 0 Å². The molecule has 3 aromatic carbocycles. The van der Waals surface area contributed by atoms with E-state index in [9.17, 15) is 4.79 Å². The molecule has 0 spiro atoms. The van der Waals surface area contributed by atoms with Gasteiger partial charge in [-0.2, -0.15) is 4.98 Å². The minimum absolute atomic E-state index is 0.237. The molecule has 0 aliphatic carbocycles. The maximum Gasteiger partial charge on any atom is 0.255 e. The first kappa shape index (κ1) is 27.6. The summed E-state index contributed by atoms with van der Waals surface area (Å²) in [5.74, 6) is 2.18. The lowest BCUT2D eigenvalue weighted by Gasteiger charge is -2.29. The molecule has 1 amide bonds. The maximum atomic E-state index is 13.8. The van der Waals surface area contributed by atoms with E-state index in [1.807, 2.05) is 93.6 Å². The Labute approximate surface area is 242 Å². The van der Waals surface area contributed by atoms with Gasteiger partial charge in [0.05, 0.1) is 18.8 Å². The first-order valence-corrected chi connectivity index (χ1v) is 14.4. The van der Waals surface area contributed by atoms with Gasteiger partial charge in [-0.1, -0.05) is 65.8 Å². The lowest BCUT2D eigenvalue weighted by molar-refractivity contribution is -0.113. The smallest absolute Gasteiger partial charge is 0.255 e. The normalized spacial score (nSPS) is 14.3. The van der Waals surface area contributed by atoms with Crippen molar-refractivity contribution < 1.29 is 14.3 Å². The van der Waals surface area contributed by atoms with Crippen molar-refractivity contribution in [3.8, 4) is 11.5 Å². The monoisotopic (exact) mass is 575 g/mol. The first-order chi connectivity index (χ1) is 19.5. The van der Waals surface area contributed by atoms with Gasteiger partial charge in [-0.15, -0.1) is 5.10 Å². The number of para-hydroxylation sites is 1. The second-order valence-corrected chi connectivity index (χ2v) is 10.4. The van der Waals surface area contributed by atoms with E-state index in [2.05, 4.69) is 10.6 Å². The van der Waals surface area contributed by atoms with Crippen LogP contribution in [0.1, 0.15) is 37.9 Å². The highest BCUT2D eigenvalue weighted by molar-refractivity contribution is 7.98. The summed E-state index contributed by atoms with van der Waals surface area (Å²) < 4.78 is 13.5. The average Bonchev–Trinajstić information content (AvgIpc) is 3.36. The van der Waals surface area contributed by atoms with E-state index in [0.717, 1.165) is 11.1 Å². The summed E-state index contributed by atoms with van der Waals surface area (Å²) in [6.07, 6.45) is 0. The summed E-state index contributed by atoms with van der Waals surface area (Å²) in [6.45, 7) is 6.71. The molecule has 1 aromatic heterocycles. The van der Waals surface area contributed by atoms with Crippen LogP contribution in [0.15, 0.2) is 89.2 Å². The summed E-state index contributed by atoms with van der Waals surface area (Å²) in [6, 6.07) is 22.3. The number of allylic oxidation sites excluding steroid dienone is 1. The Kier molecular flexibility index (Phi) is 8.62. The second-order valence-electron chi connectivity index (χ2n) is 9.00. The van der Waals surface area contributed by atoms with E-state index in [1.165, 1.54) is 11.8 Å². The van der Waals surface area contributed by atoms with E-state index in [4.69, 9.17) is 31.2 Å². The highest BCUT2D eigenvalue weighted by atomic mass is 35.5. The molecule has 0 fully saturated rings. The topological polar surface area (TPSA) is 90.3 Å². The zero-order valence-electron chi connectivity index (χ0n) is 22.5. The SMILES string of the molecule is CCOc1ccc(C2C(C(=O)Nc3ccccc3)=C(C)Nc3nc(SCc4ccccc4Cl)nn32)cc1OCC. The van der Waals surface area contributed by atoms with Gasteiger partial charge in [0, 0.05) is 22.2 Å². The standard InChI is InChI=1S/C30H30ClN5O3S/c1-4-38-24-16-15-20(17-25(24)39-5-2)27-26(28(37)33-22-12-7-6-8-13-22)19(3)32-29-34-30(35-36(27)29)40-18-21-11-9-10-14-23(21)31/h6-17,27H,4-5,18H2,1-3H3,(H,33,37)(H,32,34,35). The Hall–Kier alpha value is -3.95. The molecule has 1 aliphatic heterocycles. The largest absolute Gasteiger partial charge is 0.490 e. The van der Waals surface area contributed by atoms with Gasteiger partial charge < -0.3 is 20.1 Å². The van der Waals surface area contributed by atoms with Crippen molar-refractivity contribution in [2.75, 3.05) is 23.8 Å². The number of anilines is 2. The highest BCUT2D eigenvalue weighted by Crippen LogP contribution is 2.40. The van der Waals surface area contributed by atoms with Crippen molar-refractivity contribution in [2.45, 2.75) is 37.7 Å². The van der Waals surface area contributed by atoms with Gasteiger partial charge in [0.2, 0.25) is 11.1 Å². The molecule has 206 valence electrons. The molecular formula is C30H30ClN5O3S. The number of nitrogens with zero attached hydrogens (tertiary/aromatic N) is 3. The number of ether oxygens (including phenoxy) is 2. The van der Waals surface area contributed by atoms with Crippen LogP contribution in [0, 0.1) is 0 Å². The molecule has 4 aromatic rings. The molecule has 0 bridgehead atoms. The number of halogens is 1. The molecule has 0 saturated heterocycles. The van der Waals surface area contributed by atoms with Crippen molar-refractivity contribution in [1.29, 1.82) is 0 Å². The van der Waals surface area contributed by atoms with E-state index in [-0.39, 0.29) is 5.91 Å². The molecule has 8 nitrogen and oxygen atoms in total. The summed E-state index contributed by atoms with van der Waals surface area (Å²) in [5, 5.41) is 12.4. The zero-order chi connectivity index (χ0) is 28.1. The van der Waals surface area contributed by atoms with E-state index in [1.54, 1.807) is 4.68 Å². The minimum atomic E-state index is -0.558. The number of carbonyl (C=O) groups excluding carboxylic acids is 1. The number of fused-ring (bicyclic) bond motifs is 1. The number of thioether (sulfide) groups is 1. The van der Waals surface area contributed by atoms with Crippen molar-refractivity contribution in [3.05, 3.63) is 100 Å².